The molecule has 0 unspecified atom stereocenters. The van der Waals surface area contributed by atoms with E-state index in [9.17, 15) is 9.18 Å². The van der Waals surface area contributed by atoms with Crippen molar-refractivity contribution in [2.45, 2.75) is 6.54 Å². The molecule has 24 heavy (non-hydrogen) atoms. The third kappa shape index (κ3) is 3.31. The summed E-state index contributed by atoms with van der Waals surface area (Å²) in [5, 5.41) is 4.18. The van der Waals surface area contributed by atoms with Gasteiger partial charge >= 0.3 is 0 Å². The van der Waals surface area contributed by atoms with Gasteiger partial charge in [-0.3, -0.25) is 4.79 Å². The van der Waals surface area contributed by atoms with Crippen LogP contribution in [-0.4, -0.2) is 23.0 Å². The Labute approximate surface area is 143 Å². The molecule has 0 saturated heterocycles. The molecule has 0 aliphatic heterocycles. The van der Waals surface area contributed by atoms with Crippen LogP contribution in [0.4, 0.5) is 4.39 Å². The molecule has 0 N–H and O–H groups in total. The van der Waals surface area contributed by atoms with E-state index in [1.165, 1.54) is 17.0 Å². The van der Waals surface area contributed by atoms with Crippen LogP contribution in [0.5, 0.6) is 0 Å². The smallest absolute Gasteiger partial charge is 0.292 e. The van der Waals surface area contributed by atoms with E-state index in [0.29, 0.717) is 5.69 Å². The maximum Gasteiger partial charge on any atom is 0.292 e. The summed E-state index contributed by atoms with van der Waals surface area (Å²) >= 11 is 5.99. The van der Waals surface area contributed by atoms with Gasteiger partial charge in [0.1, 0.15) is 11.5 Å². The number of hydrogen-bond donors (Lipinski definition) is 0. The molecule has 0 fully saturated rings. The largest absolute Gasteiger partial charge is 0.350 e. The van der Waals surface area contributed by atoms with Gasteiger partial charge in [0.05, 0.1) is 6.54 Å². The molecule has 3 rings (SSSR count). The standard InChI is InChI=1S/C18H14ClFN2O2/c1-22(11-13-14(19)8-5-9-15(13)20)18(23)17-10-16(21-24-17)12-6-3-2-4-7-12/h2-10H,11H2,1H3. The average molecular weight is 345 g/mol. The van der Waals surface area contributed by atoms with Gasteiger partial charge in [0, 0.05) is 29.3 Å². The van der Waals surface area contributed by atoms with Crippen LogP contribution in [0.3, 0.4) is 0 Å². The predicted molar refractivity (Wildman–Crippen MR) is 89.1 cm³/mol. The summed E-state index contributed by atoms with van der Waals surface area (Å²) < 4.78 is 19.0. The van der Waals surface area contributed by atoms with Crippen molar-refractivity contribution in [3.05, 3.63) is 76.8 Å². The van der Waals surface area contributed by atoms with Gasteiger partial charge in [0.15, 0.2) is 0 Å². The van der Waals surface area contributed by atoms with Crippen molar-refractivity contribution in [2.24, 2.45) is 0 Å². The molecule has 3 aromatic rings. The van der Waals surface area contributed by atoms with Crippen LogP contribution in [0.25, 0.3) is 11.3 Å². The van der Waals surface area contributed by atoms with Gasteiger partial charge < -0.3 is 9.42 Å². The number of amides is 1. The van der Waals surface area contributed by atoms with Crippen LogP contribution in [0.15, 0.2) is 59.1 Å². The fourth-order valence-corrected chi connectivity index (χ4v) is 2.52. The average Bonchev–Trinajstić information content (AvgIpc) is 3.08. The molecule has 1 amide bonds. The SMILES string of the molecule is CN(Cc1c(F)cccc1Cl)C(=O)c1cc(-c2ccccc2)no1. The van der Waals surface area contributed by atoms with Crippen LogP contribution >= 0.6 is 11.6 Å². The van der Waals surface area contributed by atoms with Crippen LogP contribution in [-0.2, 0) is 6.54 Å². The van der Waals surface area contributed by atoms with Crippen molar-refractivity contribution in [3.63, 3.8) is 0 Å². The molecule has 0 saturated carbocycles. The van der Waals surface area contributed by atoms with Crippen LogP contribution < -0.4 is 0 Å². The molecule has 6 heteroatoms. The quantitative estimate of drug-likeness (QED) is 0.704. The number of carbonyl (C=O) groups excluding carboxylic acids is 1. The first kappa shape index (κ1) is 16.2. The summed E-state index contributed by atoms with van der Waals surface area (Å²) in [5.41, 5.74) is 1.68. The normalized spacial score (nSPS) is 10.6. The lowest BCUT2D eigenvalue weighted by atomic mass is 10.1. The topological polar surface area (TPSA) is 46.3 Å². The second kappa shape index (κ2) is 6.84. The number of carbonyl (C=O) groups is 1. The van der Waals surface area contributed by atoms with E-state index in [-0.39, 0.29) is 22.9 Å². The summed E-state index contributed by atoms with van der Waals surface area (Å²) in [6, 6.07) is 15.4. The van der Waals surface area contributed by atoms with Crippen LogP contribution in [0.2, 0.25) is 5.02 Å². The van der Waals surface area contributed by atoms with Gasteiger partial charge in [0.2, 0.25) is 5.76 Å². The molecule has 1 aromatic heterocycles. The Morgan fingerprint density at radius 3 is 2.67 bits per heavy atom. The molecule has 0 aliphatic carbocycles. The molecule has 2 aromatic carbocycles. The van der Waals surface area contributed by atoms with E-state index in [1.54, 1.807) is 19.2 Å². The molecule has 122 valence electrons. The monoisotopic (exact) mass is 344 g/mol. The van der Waals surface area contributed by atoms with Crippen LogP contribution in [0, 0.1) is 5.82 Å². The fraction of sp³-hybridized carbons (Fsp3) is 0.111. The highest BCUT2D eigenvalue weighted by Gasteiger charge is 2.20. The lowest BCUT2D eigenvalue weighted by Gasteiger charge is -2.16. The van der Waals surface area contributed by atoms with Crippen molar-refractivity contribution in [2.75, 3.05) is 7.05 Å². The minimum absolute atomic E-state index is 0.0334. The molecule has 4 nitrogen and oxygen atoms in total. The number of aromatic nitrogens is 1. The van der Waals surface area contributed by atoms with E-state index in [2.05, 4.69) is 5.16 Å². The van der Waals surface area contributed by atoms with Gasteiger partial charge in [-0.25, -0.2) is 4.39 Å². The Balaban J connectivity index is 1.78. The lowest BCUT2D eigenvalue weighted by Crippen LogP contribution is -2.26. The maximum atomic E-state index is 13.8. The summed E-state index contributed by atoms with van der Waals surface area (Å²) in [6.07, 6.45) is 0. The first-order valence-corrected chi connectivity index (χ1v) is 7.64. The Morgan fingerprint density at radius 1 is 1.21 bits per heavy atom. The minimum atomic E-state index is -0.454. The Hall–Kier alpha value is -2.66. The van der Waals surface area contributed by atoms with Crippen molar-refractivity contribution >= 4 is 17.5 Å². The first-order chi connectivity index (χ1) is 11.6. The minimum Gasteiger partial charge on any atom is -0.350 e. The number of hydrogen-bond acceptors (Lipinski definition) is 3. The second-order valence-corrected chi connectivity index (χ2v) is 5.71. The second-order valence-electron chi connectivity index (χ2n) is 5.30. The summed E-state index contributed by atoms with van der Waals surface area (Å²) in [4.78, 5) is 13.8. The van der Waals surface area contributed by atoms with Crippen molar-refractivity contribution in [3.8, 4) is 11.3 Å². The van der Waals surface area contributed by atoms with Gasteiger partial charge in [-0.05, 0) is 12.1 Å². The van der Waals surface area contributed by atoms with Crippen molar-refractivity contribution < 1.29 is 13.7 Å². The fourth-order valence-electron chi connectivity index (χ4n) is 2.30. The highest BCUT2D eigenvalue weighted by molar-refractivity contribution is 6.31. The molecule has 0 bridgehead atoms. The van der Waals surface area contributed by atoms with Crippen molar-refractivity contribution in [1.82, 2.24) is 10.1 Å². The maximum absolute atomic E-state index is 13.8. The highest BCUT2D eigenvalue weighted by Crippen LogP contribution is 2.22. The zero-order valence-corrected chi connectivity index (χ0v) is 13.6. The molecular formula is C18H14ClFN2O2. The number of nitrogens with zero attached hydrogens (tertiary/aromatic N) is 2. The highest BCUT2D eigenvalue weighted by atomic mass is 35.5. The third-order valence-corrected chi connectivity index (χ3v) is 3.95. The Kier molecular flexibility index (Phi) is 4.62. The van der Waals surface area contributed by atoms with E-state index in [1.807, 2.05) is 30.3 Å². The lowest BCUT2D eigenvalue weighted by molar-refractivity contribution is 0.0742. The number of halogens is 2. The van der Waals surface area contributed by atoms with E-state index in [0.717, 1.165) is 5.56 Å². The van der Waals surface area contributed by atoms with Gasteiger partial charge in [0.25, 0.3) is 5.91 Å². The molecular weight excluding hydrogens is 331 g/mol. The zero-order chi connectivity index (χ0) is 17.1. The predicted octanol–water partition coefficient (Wildman–Crippen LogP) is 4.41. The number of rotatable bonds is 4. The van der Waals surface area contributed by atoms with Gasteiger partial charge in [-0.15, -0.1) is 0 Å². The molecule has 0 radical (unpaired) electrons. The van der Waals surface area contributed by atoms with Gasteiger partial charge in [-0.1, -0.05) is 53.2 Å². The van der Waals surface area contributed by atoms with E-state index >= 15 is 0 Å². The molecule has 0 aliphatic rings. The molecule has 0 atom stereocenters. The summed E-state index contributed by atoms with van der Waals surface area (Å²) in [7, 11) is 1.55. The summed E-state index contributed by atoms with van der Waals surface area (Å²) in [6.45, 7) is 0.0334. The number of benzene rings is 2. The Bertz CT molecular complexity index is 844. The summed E-state index contributed by atoms with van der Waals surface area (Å²) in [5.74, 6) is -0.766. The van der Waals surface area contributed by atoms with E-state index in [4.69, 9.17) is 16.1 Å². The van der Waals surface area contributed by atoms with E-state index < -0.39 is 11.7 Å². The Morgan fingerprint density at radius 2 is 1.96 bits per heavy atom. The molecule has 1 heterocycles. The zero-order valence-electron chi connectivity index (χ0n) is 12.9. The van der Waals surface area contributed by atoms with Crippen molar-refractivity contribution in [1.29, 1.82) is 0 Å². The first-order valence-electron chi connectivity index (χ1n) is 7.27. The third-order valence-electron chi connectivity index (χ3n) is 3.59. The van der Waals surface area contributed by atoms with Gasteiger partial charge in [-0.2, -0.15) is 0 Å². The molecule has 0 spiro atoms. The van der Waals surface area contributed by atoms with Crippen LogP contribution in [0.1, 0.15) is 16.1 Å².